The Labute approximate surface area is 116 Å². The third-order valence-corrected chi connectivity index (χ3v) is 3.73. The van der Waals surface area contributed by atoms with Gasteiger partial charge in [-0.15, -0.1) is 0 Å². The molecule has 19 heavy (non-hydrogen) atoms. The summed E-state index contributed by atoms with van der Waals surface area (Å²) in [5, 5.41) is 12.4. The number of halogens is 1. The van der Waals surface area contributed by atoms with Gasteiger partial charge >= 0.3 is 5.97 Å². The van der Waals surface area contributed by atoms with Crippen LogP contribution >= 0.6 is 11.6 Å². The van der Waals surface area contributed by atoms with E-state index in [0.29, 0.717) is 16.5 Å². The Kier molecular flexibility index (Phi) is 4.10. The second kappa shape index (κ2) is 5.61. The van der Waals surface area contributed by atoms with E-state index in [0.717, 1.165) is 12.8 Å². The number of hydrogen-bond donors (Lipinski definition) is 2. The molecule has 1 saturated carbocycles. The lowest BCUT2D eigenvalue weighted by Crippen LogP contribution is -2.37. The number of rotatable bonds is 5. The molecule has 1 aliphatic carbocycles. The Bertz CT molecular complexity index is 482. The van der Waals surface area contributed by atoms with E-state index in [-0.39, 0.29) is 11.8 Å². The van der Waals surface area contributed by atoms with Crippen molar-refractivity contribution in [2.24, 2.45) is 11.8 Å². The van der Waals surface area contributed by atoms with Crippen LogP contribution in [-0.4, -0.2) is 17.0 Å². The number of nitrogens with one attached hydrogen (secondary N) is 1. The van der Waals surface area contributed by atoms with Crippen molar-refractivity contribution in [1.82, 2.24) is 5.32 Å². The van der Waals surface area contributed by atoms with Crippen LogP contribution in [0, 0.1) is 11.8 Å². The summed E-state index contributed by atoms with van der Waals surface area (Å²) in [5.41, 5.74) is 0.522. The first-order valence-electron chi connectivity index (χ1n) is 6.27. The molecule has 1 amide bonds. The summed E-state index contributed by atoms with van der Waals surface area (Å²) in [6.07, 6.45) is 2.10. The molecule has 1 fully saturated rings. The van der Waals surface area contributed by atoms with Crippen LogP contribution in [0.25, 0.3) is 0 Å². The van der Waals surface area contributed by atoms with Crippen molar-refractivity contribution >= 4 is 23.5 Å². The van der Waals surface area contributed by atoms with Gasteiger partial charge in [0, 0.05) is 10.9 Å². The molecule has 2 atom stereocenters. The molecule has 0 radical (unpaired) electrons. The van der Waals surface area contributed by atoms with Crippen molar-refractivity contribution in [3.05, 3.63) is 34.9 Å². The van der Waals surface area contributed by atoms with Crippen LogP contribution in [0.5, 0.6) is 0 Å². The number of carboxylic acids is 1. The highest BCUT2D eigenvalue weighted by atomic mass is 35.5. The summed E-state index contributed by atoms with van der Waals surface area (Å²) in [6, 6.07) is 5.44. The first-order chi connectivity index (χ1) is 8.99. The maximum atomic E-state index is 12.0. The molecule has 2 N–H and O–H groups in total. The summed E-state index contributed by atoms with van der Waals surface area (Å²) in [6.45, 7) is 1.84. The molecule has 0 heterocycles. The Morgan fingerprint density at radius 2 is 1.89 bits per heavy atom. The maximum absolute atomic E-state index is 12.0. The van der Waals surface area contributed by atoms with E-state index >= 15 is 0 Å². The highest BCUT2D eigenvalue weighted by molar-refractivity contribution is 6.30. The molecule has 4 nitrogen and oxygen atoms in total. The summed E-state index contributed by atoms with van der Waals surface area (Å²) in [5.74, 6) is -1.00. The molecule has 0 aliphatic heterocycles. The van der Waals surface area contributed by atoms with Crippen LogP contribution in [0.3, 0.4) is 0 Å². The predicted molar refractivity (Wildman–Crippen MR) is 71.9 cm³/mol. The fourth-order valence-corrected chi connectivity index (χ4v) is 2.15. The van der Waals surface area contributed by atoms with Gasteiger partial charge in [0.05, 0.1) is 0 Å². The molecule has 0 spiro atoms. The fourth-order valence-electron chi connectivity index (χ4n) is 2.03. The Balaban J connectivity index is 2.09. The Hall–Kier alpha value is -1.55. The number of hydrogen-bond acceptors (Lipinski definition) is 2. The smallest absolute Gasteiger partial charge is 0.330 e. The van der Waals surface area contributed by atoms with Gasteiger partial charge in [-0.1, -0.05) is 30.7 Å². The topological polar surface area (TPSA) is 66.4 Å². The maximum Gasteiger partial charge on any atom is 0.330 e. The second-order valence-electron chi connectivity index (χ2n) is 4.96. The molecule has 0 bridgehead atoms. The van der Waals surface area contributed by atoms with Gasteiger partial charge < -0.3 is 10.4 Å². The highest BCUT2D eigenvalue weighted by Gasteiger charge is 2.34. The number of aliphatic carboxylic acids is 1. The molecular weight excluding hydrogens is 266 g/mol. The van der Waals surface area contributed by atoms with Crippen LogP contribution in [0.4, 0.5) is 0 Å². The standard InChI is InChI=1S/C14H16ClNO3/c1-8(9-2-3-9)13(17)16-12(14(18)19)10-4-6-11(15)7-5-10/h4-9,12H,2-3H2,1H3,(H,16,17)(H,18,19). The van der Waals surface area contributed by atoms with Crippen LogP contribution in [-0.2, 0) is 9.59 Å². The van der Waals surface area contributed by atoms with Gasteiger partial charge in [-0.2, -0.15) is 0 Å². The predicted octanol–water partition coefficient (Wildman–Crippen LogP) is 2.63. The molecule has 1 aromatic carbocycles. The van der Waals surface area contributed by atoms with Gasteiger partial charge in [-0.25, -0.2) is 4.79 Å². The molecule has 2 rings (SSSR count). The first-order valence-corrected chi connectivity index (χ1v) is 6.65. The minimum Gasteiger partial charge on any atom is -0.479 e. The summed E-state index contributed by atoms with van der Waals surface area (Å²) in [4.78, 5) is 23.3. The molecule has 1 aliphatic rings. The van der Waals surface area contributed by atoms with E-state index in [2.05, 4.69) is 5.32 Å². The number of carbonyl (C=O) groups excluding carboxylic acids is 1. The molecule has 102 valence electrons. The van der Waals surface area contributed by atoms with Gasteiger partial charge in [-0.05, 0) is 36.5 Å². The minimum atomic E-state index is -1.07. The SMILES string of the molecule is CC(C(=O)NC(C(=O)O)c1ccc(Cl)cc1)C1CC1. The average molecular weight is 282 g/mol. The van der Waals surface area contributed by atoms with Crippen molar-refractivity contribution in [2.75, 3.05) is 0 Å². The van der Waals surface area contributed by atoms with Gasteiger partial charge in [0.25, 0.3) is 0 Å². The van der Waals surface area contributed by atoms with E-state index in [1.165, 1.54) is 0 Å². The van der Waals surface area contributed by atoms with Crippen molar-refractivity contribution < 1.29 is 14.7 Å². The summed E-state index contributed by atoms with van der Waals surface area (Å²) >= 11 is 5.77. The third-order valence-electron chi connectivity index (χ3n) is 3.48. The molecule has 1 aromatic rings. The lowest BCUT2D eigenvalue weighted by molar-refractivity contribution is -0.142. The Morgan fingerprint density at radius 3 is 2.37 bits per heavy atom. The number of amides is 1. The van der Waals surface area contributed by atoms with Crippen LogP contribution in [0.15, 0.2) is 24.3 Å². The van der Waals surface area contributed by atoms with E-state index in [4.69, 9.17) is 11.6 Å². The molecule has 0 saturated heterocycles. The van der Waals surface area contributed by atoms with Gasteiger partial charge in [0.15, 0.2) is 6.04 Å². The second-order valence-corrected chi connectivity index (χ2v) is 5.39. The normalized spacial score (nSPS) is 17.6. The van der Waals surface area contributed by atoms with Crippen molar-refractivity contribution in [3.8, 4) is 0 Å². The monoisotopic (exact) mass is 281 g/mol. The minimum absolute atomic E-state index is 0.130. The molecular formula is C14H16ClNO3. The van der Waals surface area contributed by atoms with Gasteiger partial charge in [0.2, 0.25) is 5.91 Å². The average Bonchev–Trinajstić information content (AvgIpc) is 3.20. The zero-order valence-electron chi connectivity index (χ0n) is 10.6. The molecule has 0 aromatic heterocycles. The lowest BCUT2D eigenvalue weighted by Gasteiger charge is -2.18. The van der Waals surface area contributed by atoms with Crippen LogP contribution < -0.4 is 5.32 Å². The Morgan fingerprint density at radius 1 is 1.32 bits per heavy atom. The van der Waals surface area contributed by atoms with Crippen molar-refractivity contribution in [1.29, 1.82) is 0 Å². The van der Waals surface area contributed by atoms with Crippen LogP contribution in [0.2, 0.25) is 5.02 Å². The quantitative estimate of drug-likeness (QED) is 0.872. The third kappa shape index (κ3) is 3.47. The van der Waals surface area contributed by atoms with Gasteiger partial charge in [-0.3, -0.25) is 4.79 Å². The summed E-state index contributed by atoms with van der Waals surface area (Å²) < 4.78 is 0. The largest absolute Gasteiger partial charge is 0.479 e. The fraction of sp³-hybridized carbons (Fsp3) is 0.429. The lowest BCUT2D eigenvalue weighted by atomic mass is 10.0. The van der Waals surface area contributed by atoms with Crippen LogP contribution in [0.1, 0.15) is 31.4 Å². The van der Waals surface area contributed by atoms with Gasteiger partial charge in [0.1, 0.15) is 0 Å². The molecule has 5 heteroatoms. The van der Waals surface area contributed by atoms with Crippen molar-refractivity contribution in [2.45, 2.75) is 25.8 Å². The zero-order chi connectivity index (χ0) is 14.0. The van der Waals surface area contributed by atoms with E-state index in [9.17, 15) is 14.7 Å². The molecule has 2 unspecified atom stereocenters. The summed E-state index contributed by atoms with van der Waals surface area (Å²) in [7, 11) is 0. The highest BCUT2D eigenvalue weighted by Crippen LogP contribution is 2.36. The van der Waals surface area contributed by atoms with Crippen molar-refractivity contribution in [3.63, 3.8) is 0 Å². The number of carbonyl (C=O) groups is 2. The zero-order valence-corrected chi connectivity index (χ0v) is 11.4. The number of carboxylic acid groups (broad SMARTS) is 1. The number of benzene rings is 1. The van der Waals surface area contributed by atoms with E-state index in [1.807, 2.05) is 6.92 Å². The van der Waals surface area contributed by atoms with E-state index < -0.39 is 12.0 Å². The van der Waals surface area contributed by atoms with E-state index in [1.54, 1.807) is 24.3 Å². The first kappa shape index (κ1) is 13.9.